The maximum atomic E-state index is 12.4. The standard InChI is InChI=1S/C14H18N2O2/c1-18-13-4-2-3-12(16-13)14(17)9-7-10-5-6-11(8-9)15-10/h2-4,9-11,15H,5-8H2,1H3. The van der Waals surface area contributed by atoms with Crippen LogP contribution in [-0.4, -0.2) is 30.0 Å². The number of ketones is 1. The van der Waals surface area contributed by atoms with E-state index in [0.29, 0.717) is 23.7 Å². The number of nitrogens with zero attached hydrogens (tertiary/aromatic N) is 1. The third kappa shape index (κ3) is 2.12. The average molecular weight is 246 g/mol. The van der Waals surface area contributed by atoms with Crippen LogP contribution in [0.1, 0.15) is 36.2 Å². The van der Waals surface area contributed by atoms with Gasteiger partial charge in [0.1, 0.15) is 5.69 Å². The molecule has 1 N–H and O–H groups in total. The summed E-state index contributed by atoms with van der Waals surface area (Å²) in [5.41, 5.74) is 0.542. The van der Waals surface area contributed by atoms with Crippen LogP contribution in [0.15, 0.2) is 18.2 Å². The molecule has 0 aromatic carbocycles. The maximum absolute atomic E-state index is 12.4. The molecule has 0 amide bonds. The molecule has 3 heterocycles. The zero-order valence-corrected chi connectivity index (χ0v) is 10.6. The fraction of sp³-hybridized carbons (Fsp3) is 0.571. The summed E-state index contributed by atoms with van der Waals surface area (Å²) < 4.78 is 5.07. The van der Waals surface area contributed by atoms with Gasteiger partial charge in [-0.25, -0.2) is 4.98 Å². The largest absolute Gasteiger partial charge is 0.481 e. The molecule has 2 aliphatic heterocycles. The molecule has 3 rings (SSSR count). The van der Waals surface area contributed by atoms with Crippen LogP contribution in [0.2, 0.25) is 0 Å². The van der Waals surface area contributed by atoms with Gasteiger partial charge in [0.05, 0.1) is 7.11 Å². The van der Waals surface area contributed by atoms with Crippen molar-refractivity contribution in [3.05, 3.63) is 23.9 Å². The van der Waals surface area contributed by atoms with Gasteiger partial charge in [-0.1, -0.05) is 6.07 Å². The zero-order valence-electron chi connectivity index (χ0n) is 10.6. The SMILES string of the molecule is COc1cccc(C(=O)C2CC3CCC(C2)N3)n1. The number of rotatable bonds is 3. The zero-order chi connectivity index (χ0) is 12.5. The number of methoxy groups -OCH3 is 1. The van der Waals surface area contributed by atoms with E-state index in [2.05, 4.69) is 10.3 Å². The highest BCUT2D eigenvalue weighted by Gasteiger charge is 2.37. The molecule has 2 bridgehead atoms. The first kappa shape index (κ1) is 11.7. The smallest absolute Gasteiger partial charge is 0.213 e. The van der Waals surface area contributed by atoms with Crippen molar-refractivity contribution in [2.45, 2.75) is 37.8 Å². The number of fused-ring (bicyclic) bond motifs is 2. The van der Waals surface area contributed by atoms with E-state index in [1.165, 1.54) is 12.8 Å². The van der Waals surface area contributed by atoms with Gasteiger partial charge in [-0.2, -0.15) is 0 Å². The third-order valence-corrected chi connectivity index (χ3v) is 4.03. The number of piperidine rings is 1. The lowest BCUT2D eigenvalue weighted by molar-refractivity contribution is 0.0869. The van der Waals surface area contributed by atoms with Crippen molar-refractivity contribution in [2.75, 3.05) is 7.11 Å². The molecule has 0 aliphatic carbocycles. The van der Waals surface area contributed by atoms with E-state index in [1.807, 2.05) is 6.07 Å². The van der Waals surface area contributed by atoms with E-state index < -0.39 is 0 Å². The van der Waals surface area contributed by atoms with Crippen molar-refractivity contribution in [1.82, 2.24) is 10.3 Å². The summed E-state index contributed by atoms with van der Waals surface area (Å²) in [5, 5.41) is 3.55. The number of ether oxygens (including phenoxy) is 1. The summed E-state index contributed by atoms with van der Waals surface area (Å²) in [7, 11) is 1.57. The highest BCUT2D eigenvalue weighted by Crippen LogP contribution is 2.32. The monoisotopic (exact) mass is 246 g/mol. The van der Waals surface area contributed by atoms with Crippen molar-refractivity contribution < 1.29 is 9.53 Å². The van der Waals surface area contributed by atoms with Gasteiger partial charge in [0.2, 0.25) is 5.88 Å². The Morgan fingerprint density at radius 3 is 2.72 bits per heavy atom. The molecule has 2 atom stereocenters. The van der Waals surface area contributed by atoms with Gasteiger partial charge >= 0.3 is 0 Å². The van der Waals surface area contributed by atoms with Crippen molar-refractivity contribution in [2.24, 2.45) is 5.92 Å². The maximum Gasteiger partial charge on any atom is 0.213 e. The lowest BCUT2D eigenvalue weighted by Crippen LogP contribution is -2.40. The van der Waals surface area contributed by atoms with E-state index in [-0.39, 0.29) is 11.7 Å². The number of hydrogen-bond acceptors (Lipinski definition) is 4. The number of carbonyl (C=O) groups excluding carboxylic acids is 1. The fourth-order valence-electron chi connectivity index (χ4n) is 3.15. The highest BCUT2D eigenvalue weighted by molar-refractivity contribution is 5.96. The Morgan fingerprint density at radius 2 is 2.06 bits per heavy atom. The van der Waals surface area contributed by atoms with Crippen LogP contribution in [-0.2, 0) is 0 Å². The average Bonchev–Trinajstić information content (AvgIpc) is 2.76. The molecule has 1 aromatic rings. The van der Waals surface area contributed by atoms with Crippen LogP contribution in [0, 0.1) is 5.92 Å². The molecule has 2 saturated heterocycles. The minimum absolute atomic E-state index is 0.128. The van der Waals surface area contributed by atoms with Crippen LogP contribution in [0.25, 0.3) is 0 Å². The van der Waals surface area contributed by atoms with E-state index in [4.69, 9.17) is 4.74 Å². The van der Waals surface area contributed by atoms with Gasteiger partial charge in [-0.05, 0) is 31.7 Å². The second-order valence-electron chi connectivity index (χ2n) is 5.24. The summed E-state index contributed by atoms with van der Waals surface area (Å²) in [5.74, 6) is 0.813. The second kappa shape index (κ2) is 4.69. The molecule has 0 saturated carbocycles. The number of pyridine rings is 1. The van der Waals surface area contributed by atoms with Crippen LogP contribution in [0.4, 0.5) is 0 Å². The number of Topliss-reactive ketones (excluding diaryl/α,β-unsaturated/α-hetero) is 1. The minimum atomic E-state index is 0.128. The summed E-state index contributed by atoms with van der Waals surface area (Å²) in [4.78, 5) is 16.7. The highest BCUT2D eigenvalue weighted by atomic mass is 16.5. The van der Waals surface area contributed by atoms with Crippen LogP contribution in [0.5, 0.6) is 5.88 Å². The first-order valence-electron chi connectivity index (χ1n) is 6.57. The molecule has 0 radical (unpaired) electrons. The molecule has 1 aromatic heterocycles. The number of aromatic nitrogens is 1. The Bertz CT molecular complexity index is 449. The van der Waals surface area contributed by atoms with Gasteiger partial charge < -0.3 is 10.1 Å². The van der Waals surface area contributed by atoms with Crippen LogP contribution < -0.4 is 10.1 Å². The predicted molar refractivity (Wildman–Crippen MR) is 67.8 cm³/mol. The molecule has 96 valence electrons. The Labute approximate surface area is 107 Å². The molecule has 4 heteroatoms. The summed E-state index contributed by atoms with van der Waals surface area (Å²) >= 11 is 0. The van der Waals surface area contributed by atoms with Crippen molar-refractivity contribution in [3.63, 3.8) is 0 Å². The molecular formula is C14H18N2O2. The van der Waals surface area contributed by atoms with Crippen molar-refractivity contribution >= 4 is 5.78 Å². The summed E-state index contributed by atoms with van der Waals surface area (Å²) in [6, 6.07) is 6.44. The molecule has 18 heavy (non-hydrogen) atoms. The van der Waals surface area contributed by atoms with Gasteiger partial charge in [0, 0.05) is 24.1 Å². The van der Waals surface area contributed by atoms with Gasteiger partial charge in [0.15, 0.2) is 5.78 Å². The fourth-order valence-corrected chi connectivity index (χ4v) is 3.15. The molecule has 2 fully saturated rings. The Balaban J connectivity index is 1.77. The lowest BCUT2D eigenvalue weighted by Gasteiger charge is -2.27. The number of carbonyl (C=O) groups is 1. The molecular weight excluding hydrogens is 228 g/mol. The van der Waals surface area contributed by atoms with Crippen molar-refractivity contribution in [1.29, 1.82) is 0 Å². The first-order valence-corrected chi connectivity index (χ1v) is 6.57. The van der Waals surface area contributed by atoms with E-state index in [0.717, 1.165) is 12.8 Å². The van der Waals surface area contributed by atoms with Crippen molar-refractivity contribution in [3.8, 4) is 5.88 Å². The first-order chi connectivity index (χ1) is 8.76. The molecule has 0 spiro atoms. The Hall–Kier alpha value is -1.42. The normalized spacial score (nSPS) is 30.2. The number of hydrogen-bond donors (Lipinski definition) is 1. The Kier molecular flexibility index (Phi) is 3.04. The predicted octanol–water partition coefficient (Wildman–Crippen LogP) is 1.80. The number of nitrogens with one attached hydrogen (secondary N) is 1. The summed E-state index contributed by atoms with van der Waals surface area (Å²) in [6.07, 6.45) is 4.32. The third-order valence-electron chi connectivity index (χ3n) is 4.03. The molecule has 2 unspecified atom stereocenters. The van der Waals surface area contributed by atoms with Gasteiger partial charge in [-0.15, -0.1) is 0 Å². The van der Waals surface area contributed by atoms with E-state index >= 15 is 0 Å². The van der Waals surface area contributed by atoms with E-state index in [9.17, 15) is 4.79 Å². The Morgan fingerprint density at radius 1 is 1.33 bits per heavy atom. The quantitative estimate of drug-likeness (QED) is 0.826. The van der Waals surface area contributed by atoms with E-state index in [1.54, 1.807) is 19.2 Å². The lowest BCUT2D eigenvalue weighted by atomic mass is 9.87. The minimum Gasteiger partial charge on any atom is -0.481 e. The van der Waals surface area contributed by atoms with Crippen LogP contribution in [0.3, 0.4) is 0 Å². The molecule has 4 nitrogen and oxygen atoms in total. The summed E-state index contributed by atoms with van der Waals surface area (Å²) in [6.45, 7) is 0. The second-order valence-corrected chi connectivity index (χ2v) is 5.24. The van der Waals surface area contributed by atoms with Gasteiger partial charge in [0.25, 0.3) is 0 Å². The molecule has 2 aliphatic rings. The van der Waals surface area contributed by atoms with Gasteiger partial charge in [-0.3, -0.25) is 4.79 Å². The topological polar surface area (TPSA) is 51.2 Å². The van der Waals surface area contributed by atoms with Crippen LogP contribution >= 0.6 is 0 Å².